The molecular weight excluding hydrogens is 320 g/mol. The van der Waals surface area contributed by atoms with Crippen molar-refractivity contribution in [2.45, 2.75) is 32.6 Å². The van der Waals surface area contributed by atoms with Crippen LogP contribution in [-0.4, -0.2) is 28.9 Å². The average molecular weight is 344 g/mol. The molecule has 1 aliphatic rings. The Bertz CT molecular complexity index is 925. The molecule has 1 fully saturated rings. The summed E-state index contributed by atoms with van der Waals surface area (Å²) in [6, 6.07) is 18.4. The molecule has 2 heterocycles. The first kappa shape index (κ1) is 16.8. The molecule has 3 nitrogen and oxygen atoms in total. The van der Waals surface area contributed by atoms with E-state index in [-0.39, 0.29) is 5.91 Å². The second-order valence-corrected chi connectivity index (χ2v) is 6.98. The van der Waals surface area contributed by atoms with Gasteiger partial charge in [-0.2, -0.15) is 0 Å². The molecular formula is C23H24N2O. The van der Waals surface area contributed by atoms with Gasteiger partial charge in [-0.25, -0.2) is 4.98 Å². The smallest absolute Gasteiger partial charge is 0.254 e. The average Bonchev–Trinajstić information content (AvgIpc) is 2.73. The number of piperidine rings is 1. The molecule has 4 rings (SSSR count). The Kier molecular flexibility index (Phi) is 4.70. The van der Waals surface area contributed by atoms with Crippen LogP contribution < -0.4 is 0 Å². The zero-order valence-electron chi connectivity index (χ0n) is 15.2. The van der Waals surface area contributed by atoms with Crippen molar-refractivity contribution in [3.8, 4) is 11.3 Å². The number of likely N-dealkylation sites (tertiary alicyclic amines) is 1. The Morgan fingerprint density at radius 2 is 1.73 bits per heavy atom. The number of benzene rings is 2. The summed E-state index contributed by atoms with van der Waals surface area (Å²) in [4.78, 5) is 20.0. The molecule has 0 bridgehead atoms. The lowest BCUT2D eigenvalue weighted by Crippen LogP contribution is -2.35. The van der Waals surface area contributed by atoms with Gasteiger partial charge in [0.15, 0.2) is 0 Å². The highest BCUT2D eigenvalue weighted by Gasteiger charge is 2.21. The van der Waals surface area contributed by atoms with Crippen molar-refractivity contribution < 1.29 is 4.79 Å². The van der Waals surface area contributed by atoms with E-state index in [2.05, 4.69) is 31.2 Å². The van der Waals surface area contributed by atoms with Gasteiger partial charge in [-0.05, 0) is 43.4 Å². The lowest BCUT2D eigenvalue weighted by Gasteiger charge is -2.27. The number of aromatic nitrogens is 1. The molecule has 3 aromatic rings. The van der Waals surface area contributed by atoms with Gasteiger partial charge in [0.05, 0.1) is 16.8 Å². The topological polar surface area (TPSA) is 33.2 Å². The zero-order chi connectivity index (χ0) is 17.9. The molecule has 1 aromatic heterocycles. The molecule has 0 radical (unpaired) electrons. The molecule has 0 aliphatic carbocycles. The molecule has 2 aromatic carbocycles. The minimum absolute atomic E-state index is 0.134. The van der Waals surface area contributed by atoms with Gasteiger partial charge in [0.2, 0.25) is 0 Å². The van der Waals surface area contributed by atoms with Crippen molar-refractivity contribution in [2.75, 3.05) is 13.1 Å². The van der Waals surface area contributed by atoms with Gasteiger partial charge in [-0.1, -0.05) is 49.4 Å². The summed E-state index contributed by atoms with van der Waals surface area (Å²) in [5, 5.41) is 0.942. The maximum absolute atomic E-state index is 13.2. The van der Waals surface area contributed by atoms with E-state index in [1.807, 2.05) is 35.2 Å². The fourth-order valence-electron chi connectivity index (χ4n) is 3.68. The molecule has 26 heavy (non-hydrogen) atoms. The third kappa shape index (κ3) is 3.22. The van der Waals surface area contributed by atoms with E-state index in [1.54, 1.807) is 0 Å². The number of fused-ring (bicyclic) bond motifs is 1. The van der Waals surface area contributed by atoms with Crippen molar-refractivity contribution in [2.24, 2.45) is 0 Å². The van der Waals surface area contributed by atoms with Crippen LogP contribution in [0.2, 0.25) is 0 Å². The van der Waals surface area contributed by atoms with Crippen LogP contribution in [-0.2, 0) is 6.42 Å². The van der Waals surface area contributed by atoms with Gasteiger partial charge in [-0.3, -0.25) is 4.79 Å². The van der Waals surface area contributed by atoms with Crippen LogP contribution in [0.15, 0.2) is 54.6 Å². The molecule has 0 saturated carbocycles. The minimum Gasteiger partial charge on any atom is -0.339 e. The number of rotatable bonds is 3. The predicted octanol–water partition coefficient (Wildman–Crippen LogP) is 5.09. The van der Waals surface area contributed by atoms with Gasteiger partial charge < -0.3 is 4.90 Å². The highest BCUT2D eigenvalue weighted by molar-refractivity contribution is 6.07. The normalized spacial score (nSPS) is 14.6. The van der Waals surface area contributed by atoms with Gasteiger partial charge >= 0.3 is 0 Å². The summed E-state index contributed by atoms with van der Waals surface area (Å²) >= 11 is 0. The Balaban J connectivity index is 1.81. The number of carbonyl (C=O) groups is 1. The predicted molar refractivity (Wildman–Crippen MR) is 106 cm³/mol. The first-order valence-corrected chi connectivity index (χ1v) is 9.54. The number of para-hydroxylation sites is 1. The molecule has 1 aliphatic heterocycles. The molecule has 0 unspecified atom stereocenters. The Hall–Kier alpha value is -2.68. The van der Waals surface area contributed by atoms with Crippen molar-refractivity contribution in [3.63, 3.8) is 0 Å². The second-order valence-electron chi connectivity index (χ2n) is 6.98. The molecule has 3 heteroatoms. The number of nitrogens with zero attached hydrogens (tertiary/aromatic N) is 2. The molecule has 0 N–H and O–H groups in total. The van der Waals surface area contributed by atoms with E-state index >= 15 is 0 Å². The van der Waals surface area contributed by atoms with Crippen molar-refractivity contribution in [1.29, 1.82) is 0 Å². The number of pyridine rings is 1. The van der Waals surface area contributed by atoms with Crippen molar-refractivity contribution >= 4 is 16.8 Å². The van der Waals surface area contributed by atoms with Crippen LogP contribution in [0, 0.1) is 0 Å². The summed E-state index contributed by atoms with van der Waals surface area (Å²) in [7, 11) is 0. The SMILES string of the molecule is CCc1ccc(-c2cc(C(=O)N3CCCCC3)c3ccccc3n2)cc1. The highest BCUT2D eigenvalue weighted by atomic mass is 16.2. The van der Waals surface area contributed by atoms with Crippen LogP contribution in [0.1, 0.15) is 42.1 Å². The molecule has 1 amide bonds. The Morgan fingerprint density at radius 3 is 2.46 bits per heavy atom. The van der Waals surface area contributed by atoms with Gasteiger partial charge in [0.25, 0.3) is 5.91 Å². The Morgan fingerprint density at radius 1 is 1.00 bits per heavy atom. The number of hydrogen-bond acceptors (Lipinski definition) is 2. The zero-order valence-corrected chi connectivity index (χ0v) is 15.2. The standard InChI is InChI=1S/C23H24N2O/c1-2-17-10-12-18(13-11-17)22-16-20(19-8-4-5-9-21(19)24-22)23(26)25-14-6-3-7-15-25/h4-5,8-13,16H,2-3,6-7,14-15H2,1H3. The minimum atomic E-state index is 0.134. The van der Waals surface area contributed by atoms with E-state index in [0.717, 1.165) is 60.1 Å². The number of carbonyl (C=O) groups excluding carboxylic acids is 1. The third-order valence-electron chi connectivity index (χ3n) is 5.25. The van der Waals surface area contributed by atoms with Crippen LogP contribution in [0.3, 0.4) is 0 Å². The maximum Gasteiger partial charge on any atom is 0.254 e. The number of amides is 1. The lowest BCUT2D eigenvalue weighted by molar-refractivity contribution is 0.0726. The second kappa shape index (κ2) is 7.28. The first-order valence-electron chi connectivity index (χ1n) is 9.54. The van der Waals surface area contributed by atoms with Crippen molar-refractivity contribution in [3.05, 3.63) is 65.7 Å². The molecule has 1 saturated heterocycles. The lowest BCUT2D eigenvalue weighted by atomic mass is 10.0. The summed E-state index contributed by atoms with van der Waals surface area (Å²) in [6.45, 7) is 3.87. The summed E-state index contributed by atoms with van der Waals surface area (Å²) < 4.78 is 0. The van der Waals surface area contributed by atoms with Gasteiger partial charge in [-0.15, -0.1) is 0 Å². The van der Waals surface area contributed by atoms with Crippen molar-refractivity contribution in [1.82, 2.24) is 9.88 Å². The summed E-state index contributed by atoms with van der Waals surface area (Å²) in [5.74, 6) is 0.134. The van der Waals surface area contributed by atoms with E-state index in [0.29, 0.717) is 0 Å². The number of hydrogen-bond donors (Lipinski definition) is 0. The first-order chi connectivity index (χ1) is 12.8. The Labute approximate surface area is 154 Å². The molecule has 132 valence electrons. The fraction of sp³-hybridized carbons (Fsp3) is 0.304. The van der Waals surface area contributed by atoms with E-state index in [4.69, 9.17) is 4.98 Å². The maximum atomic E-state index is 13.2. The summed E-state index contributed by atoms with van der Waals surface area (Å²) in [5.41, 5.74) is 4.88. The molecule has 0 atom stereocenters. The highest BCUT2D eigenvalue weighted by Crippen LogP contribution is 2.27. The van der Waals surface area contributed by atoms with Crippen LogP contribution in [0.4, 0.5) is 0 Å². The molecule has 0 spiro atoms. The van der Waals surface area contributed by atoms with Gasteiger partial charge in [0, 0.05) is 24.0 Å². The number of aryl methyl sites for hydroxylation is 1. The van der Waals surface area contributed by atoms with Crippen LogP contribution in [0.25, 0.3) is 22.2 Å². The van der Waals surface area contributed by atoms with E-state index in [9.17, 15) is 4.79 Å². The van der Waals surface area contributed by atoms with Crippen LogP contribution >= 0.6 is 0 Å². The largest absolute Gasteiger partial charge is 0.339 e. The monoisotopic (exact) mass is 344 g/mol. The quantitative estimate of drug-likeness (QED) is 0.663. The summed E-state index contributed by atoms with van der Waals surface area (Å²) in [6.07, 6.45) is 4.43. The van der Waals surface area contributed by atoms with E-state index < -0.39 is 0 Å². The van der Waals surface area contributed by atoms with E-state index in [1.165, 1.54) is 12.0 Å². The third-order valence-corrected chi connectivity index (χ3v) is 5.25. The van der Waals surface area contributed by atoms with Gasteiger partial charge in [0.1, 0.15) is 0 Å². The van der Waals surface area contributed by atoms with Crippen LogP contribution in [0.5, 0.6) is 0 Å². The fourth-order valence-corrected chi connectivity index (χ4v) is 3.68.